The van der Waals surface area contributed by atoms with Gasteiger partial charge in [0.05, 0.1) is 6.54 Å². The van der Waals surface area contributed by atoms with Crippen LogP contribution in [0, 0.1) is 0 Å². The third kappa shape index (κ3) is 7.34. The number of hydrogen-bond acceptors (Lipinski definition) is 4. The first-order valence-corrected chi connectivity index (χ1v) is 5.83. The molecule has 0 aliphatic carbocycles. The van der Waals surface area contributed by atoms with E-state index in [1.807, 2.05) is 25.7 Å². The van der Waals surface area contributed by atoms with Crippen LogP contribution < -0.4 is 10.6 Å². The van der Waals surface area contributed by atoms with Gasteiger partial charge in [-0.1, -0.05) is 0 Å². The van der Waals surface area contributed by atoms with E-state index in [2.05, 4.69) is 10.6 Å². The van der Waals surface area contributed by atoms with Crippen molar-refractivity contribution in [3.63, 3.8) is 0 Å². The summed E-state index contributed by atoms with van der Waals surface area (Å²) in [6.45, 7) is 8.50. The molecule has 1 heterocycles. The molecule has 0 bridgehead atoms. The van der Waals surface area contributed by atoms with Gasteiger partial charge in [0, 0.05) is 26.2 Å². The fourth-order valence-corrected chi connectivity index (χ4v) is 1.51. The summed E-state index contributed by atoms with van der Waals surface area (Å²) in [5.74, 6) is 0.0357. The Morgan fingerprint density at radius 1 is 1.50 bits per heavy atom. The minimum Gasteiger partial charge on any atom is -0.444 e. The zero-order valence-electron chi connectivity index (χ0n) is 11.1. The zero-order valence-corrected chi connectivity index (χ0v) is 11.9. The maximum Gasteiger partial charge on any atom is 0.407 e. The fraction of sp³-hybridized carbons (Fsp3) is 0.818. The maximum atomic E-state index is 11.3. The van der Waals surface area contributed by atoms with Gasteiger partial charge in [-0.2, -0.15) is 0 Å². The van der Waals surface area contributed by atoms with E-state index in [9.17, 15) is 9.59 Å². The number of carbonyl (C=O) groups excluding carboxylic acids is 2. The van der Waals surface area contributed by atoms with Crippen molar-refractivity contribution in [1.82, 2.24) is 15.5 Å². The van der Waals surface area contributed by atoms with Crippen molar-refractivity contribution in [2.45, 2.75) is 26.4 Å². The molecule has 0 aromatic heterocycles. The molecule has 1 saturated heterocycles. The first kappa shape index (κ1) is 17.0. The Hall–Kier alpha value is -1.01. The Morgan fingerprint density at radius 2 is 2.17 bits per heavy atom. The molecule has 2 N–H and O–H groups in total. The van der Waals surface area contributed by atoms with Gasteiger partial charge in [0.25, 0.3) is 0 Å². The van der Waals surface area contributed by atoms with Gasteiger partial charge < -0.3 is 15.4 Å². The third-order valence-electron chi connectivity index (χ3n) is 2.21. The molecule has 1 rings (SSSR count). The van der Waals surface area contributed by atoms with Gasteiger partial charge in [0.1, 0.15) is 5.60 Å². The number of alkyl carbamates (subject to hydrolysis) is 1. The Labute approximate surface area is 114 Å². The van der Waals surface area contributed by atoms with E-state index in [-0.39, 0.29) is 18.3 Å². The number of hydrogen-bond donors (Lipinski definition) is 2. The summed E-state index contributed by atoms with van der Waals surface area (Å²) < 4.78 is 5.10. The van der Waals surface area contributed by atoms with Crippen LogP contribution in [0.3, 0.4) is 0 Å². The smallest absolute Gasteiger partial charge is 0.407 e. The Balaban J connectivity index is 0.00000289. The molecular formula is C11H22ClN3O3. The predicted molar refractivity (Wildman–Crippen MR) is 70.9 cm³/mol. The number of rotatable bonds is 3. The summed E-state index contributed by atoms with van der Waals surface area (Å²) >= 11 is 0. The van der Waals surface area contributed by atoms with E-state index in [0.29, 0.717) is 26.2 Å². The summed E-state index contributed by atoms with van der Waals surface area (Å²) in [6.07, 6.45) is -0.418. The van der Waals surface area contributed by atoms with Gasteiger partial charge in [0.2, 0.25) is 5.91 Å². The third-order valence-corrected chi connectivity index (χ3v) is 2.21. The molecule has 2 amide bonds. The molecule has 106 valence electrons. The van der Waals surface area contributed by atoms with Crippen LogP contribution >= 0.6 is 12.4 Å². The van der Waals surface area contributed by atoms with E-state index in [1.165, 1.54) is 0 Å². The lowest BCUT2D eigenvalue weighted by Crippen LogP contribution is -2.49. The lowest BCUT2D eigenvalue weighted by molar-refractivity contribution is -0.124. The molecule has 7 heteroatoms. The number of carbonyl (C=O) groups is 2. The standard InChI is InChI=1S/C11H21N3O3.ClH/c1-11(2,3)17-10(16)13-5-7-14-6-4-12-9(15)8-14;/h4-8H2,1-3H3,(H,12,15)(H,13,16);1H. The molecule has 18 heavy (non-hydrogen) atoms. The van der Waals surface area contributed by atoms with Crippen LogP contribution in [0.1, 0.15) is 20.8 Å². The first-order valence-electron chi connectivity index (χ1n) is 5.83. The Kier molecular flexibility index (Phi) is 7.01. The highest BCUT2D eigenvalue weighted by atomic mass is 35.5. The number of ether oxygens (including phenoxy) is 1. The average Bonchev–Trinajstić information content (AvgIpc) is 2.14. The van der Waals surface area contributed by atoms with Crippen molar-refractivity contribution in [2.75, 3.05) is 32.7 Å². The Morgan fingerprint density at radius 3 is 2.72 bits per heavy atom. The van der Waals surface area contributed by atoms with Crippen molar-refractivity contribution in [3.05, 3.63) is 0 Å². The molecule has 1 fully saturated rings. The second-order valence-corrected chi connectivity index (χ2v) is 5.05. The van der Waals surface area contributed by atoms with Crippen LogP contribution in [0.2, 0.25) is 0 Å². The minimum atomic E-state index is -0.477. The normalized spacial score (nSPS) is 16.5. The quantitative estimate of drug-likeness (QED) is 0.783. The number of halogens is 1. The number of piperazine rings is 1. The van der Waals surface area contributed by atoms with Gasteiger partial charge in [0.15, 0.2) is 0 Å². The highest BCUT2D eigenvalue weighted by Gasteiger charge is 2.17. The largest absolute Gasteiger partial charge is 0.444 e. The highest BCUT2D eigenvalue weighted by Crippen LogP contribution is 2.06. The Bertz CT molecular complexity index is 292. The molecule has 1 aliphatic heterocycles. The van der Waals surface area contributed by atoms with E-state index in [0.717, 1.165) is 6.54 Å². The lowest BCUT2D eigenvalue weighted by atomic mass is 10.2. The van der Waals surface area contributed by atoms with Crippen molar-refractivity contribution < 1.29 is 14.3 Å². The fourth-order valence-electron chi connectivity index (χ4n) is 1.51. The minimum absolute atomic E-state index is 0. The van der Waals surface area contributed by atoms with Crippen LogP contribution in [0.25, 0.3) is 0 Å². The van der Waals surface area contributed by atoms with Crippen molar-refractivity contribution in [2.24, 2.45) is 0 Å². The van der Waals surface area contributed by atoms with Crippen molar-refractivity contribution in [1.29, 1.82) is 0 Å². The summed E-state index contributed by atoms with van der Waals surface area (Å²) in [5, 5.41) is 5.42. The van der Waals surface area contributed by atoms with Crippen LogP contribution in [-0.2, 0) is 9.53 Å². The summed E-state index contributed by atoms with van der Waals surface area (Å²) in [6, 6.07) is 0. The maximum absolute atomic E-state index is 11.3. The molecule has 0 spiro atoms. The van der Waals surface area contributed by atoms with E-state index in [4.69, 9.17) is 4.74 Å². The van der Waals surface area contributed by atoms with Gasteiger partial charge >= 0.3 is 6.09 Å². The molecule has 1 aliphatic rings. The molecule has 0 unspecified atom stereocenters. The van der Waals surface area contributed by atoms with Crippen molar-refractivity contribution >= 4 is 24.4 Å². The monoisotopic (exact) mass is 279 g/mol. The molecular weight excluding hydrogens is 258 g/mol. The molecule has 0 saturated carbocycles. The molecule has 0 atom stereocenters. The summed E-state index contributed by atoms with van der Waals surface area (Å²) in [5.41, 5.74) is -0.477. The number of amides is 2. The van der Waals surface area contributed by atoms with Crippen LogP contribution in [0.4, 0.5) is 4.79 Å². The van der Waals surface area contributed by atoms with E-state index in [1.54, 1.807) is 0 Å². The topological polar surface area (TPSA) is 70.7 Å². The lowest BCUT2D eigenvalue weighted by Gasteiger charge is -2.26. The molecule has 0 aromatic rings. The van der Waals surface area contributed by atoms with Gasteiger partial charge in [-0.05, 0) is 20.8 Å². The molecule has 6 nitrogen and oxygen atoms in total. The van der Waals surface area contributed by atoms with Crippen LogP contribution in [0.5, 0.6) is 0 Å². The van der Waals surface area contributed by atoms with Gasteiger partial charge in [-0.3, -0.25) is 9.69 Å². The van der Waals surface area contributed by atoms with E-state index < -0.39 is 11.7 Å². The van der Waals surface area contributed by atoms with E-state index >= 15 is 0 Å². The zero-order chi connectivity index (χ0) is 12.9. The second kappa shape index (κ2) is 7.43. The van der Waals surface area contributed by atoms with Gasteiger partial charge in [-0.25, -0.2) is 4.79 Å². The second-order valence-electron chi connectivity index (χ2n) is 5.05. The SMILES string of the molecule is CC(C)(C)OC(=O)NCCN1CCNC(=O)C1.Cl. The van der Waals surface area contributed by atoms with Crippen molar-refractivity contribution in [3.8, 4) is 0 Å². The highest BCUT2D eigenvalue weighted by molar-refractivity contribution is 5.85. The number of nitrogens with zero attached hydrogens (tertiary/aromatic N) is 1. The van der Waals surface area contributed by atoms with Crippen LogP contribution in [-0.4, -0.2) is 55.2 Å². The molecule has 0 radical (unpaired) electrons. The predicted octanol–water partition coefficient (Wildman–Crippen LogP) is 0.365. The van der Waals surface area contributed by atoms with Crippen LogP contribution in [0.15, 0.2) is 0 Å². The summed E-state index contributed by atoms with van der Waals surface area (Å²) in [4.78, 5) is 24.4. The average molecular weight is 280 g/mol. The summed E-state index contributed by atoms with van der Waals surface area (Å²) in [7, 11) is 0. The van der Waals surface area contributed by atoms with Gasteiger partial charge in [-0.15, -0.1) is 12.4 Å². The molecule has 0 aromatic carbocycles. The number of nitrogens with one attached hydrogen (secondary N) is 2. The first-order chi connectivity index (χ1) is 7.87.